The van der Waals surface area contributed by atoms with Gasteiger partial charge in [-0.2, -0.15) is 0 Å². The van der Waals surface area contributed by atoms with Crippen molar-refractivity contribution in [2.24, 2.45) is 0 Å². The number of benzene rings is 1. The molecule has 2 amide bonds. The van der Waals surface area contributed by atoms with Crippen LogP contribution in [0.2, 0.25) is 0 Å². The second kappa shape index (κ2) is 9.50. The lowest BCUT2D eigenvalue weighted by Crippen LogP contribution is -2.40. The maximum Gasteiger partial charge on any atom is 0.260 e. The van der Waals surface area contributed by atoms with E-state index in [-0.39, 0.29) is 36.1 Å². The Morgan fingerprint density at radius 1 is 1.19 bits per heavy atom. The van der Waals surface area contributed by atoms with Crippen molar-refractivity contribution in [1.82, 2.24) is 19.8 Å². The molecule has 1 N–H and O–H groups in total. The number of hydrogen-bond acceptors (Lipinski definition) is 6. The number of rotatable bonds is 6. The van der Waals surface area contributed by atoms with Crippen molar-refractivity contribution in [2.75, 3.05) is 45.7 Å². The zero-order chi connectivity index (χ0) is 22.7. The van der Waals surface area contributed by atoms with Crippen molar-refractivity contribution in [2.45, 2.75) is 31.1 Å². The molecule has 0 spiro atoms. The Hall–Kier alpha value is -3.23. The van der Waals surface area contributed by atoms with Gasteiger partial charge in [-0.15, -0.1) is 0 Å². The fourth-order valence-electron chi connectivity index (χ4n) is 4.22. The number of aromatic nitrogens is 2. The highest BCUT2D eigenvalue weighted by Crippen LogP contribution is 2.31. The zero-order valence-electron chi connectivity index (χ0n) is 18.4. The third-order valence-electron chi connectivity index (χ3n) is 6.17. The van der Waals surface area contributed by atoms with Gasteiger partial charge in [0.2, 0.25) is 5.91 Å². The molecule has 3 heterocycles. The summed E-state index contributed by atoms with van der Waals surface area (Å²) in [5.41, 5.74) is 0.892. The van der Waals surface area contributed by atoms with E-state index in [1.54, 1.807) is 9.80 Å². The van der Waals surface area contributed by atoms with Crippen LogP contribution in [0.25, 0.3) is 0 Å². The molecule has 4 rings (SSSR count). The van der Waals surface area contributed by atoms with Gasteiger partial charge in [0.1, 0.15) is 23.2 Å². The van der Waals surface area contributed by atoms with E-state index >= 15 is 0 Å². The van der Waals surface area contributed by atoms with Crippen LogP contribution in [0.4, 0.5) is 10.2 Å². The SMILES string of the molecule is CNc1cc(C2CC(=O)N(C)C2)nc(C2CCN(C(=O)COc3ccc(F)cc3)CC2)n1. The normalized spacial score (nSPS) is 19.3. The fourth-order valence-corrected chi connectivity index (χ4v) is 4.22. The molecule has 2 aliphatic heterocycles. The van der Waals surface area contributed by atoms with Gasteiger partial charge in [0, 0.05) is 58.1 Å². The van der Waals surface area contributed by atoms with E-state index in [1.807, 2.05) is 20.2 Å². The van der Waals surface area contributed by atoms with Crippen LogP contribution in [0, 0.1) is 5.82 Å². The molecule has 8 nitrogen and oxygen atoms in total. The first-order valence-corrected chi connectivity index (χ1v) is 10.9. The van der Waals surface area contributed by atoms with Gasteiger partial charge >= 0.3 is 0 Å². The van der Waals surface area contributed by atoms with E-state index in [0.717, 1.165) is 30.2 Å². The van der Waals surface area contributed by atoms with E-state index in [9.17, 15) is 14.0 Å². The minimum absolute atomic E-state index is 0.0740. The molecule has 2 saturated heterocycles. The number of carbonyl (C=O) groups is 2. The number of anilines is 1. The lowest BCUT2D eigenvalue weighted by atomic mass is 9.95. The number of ether oxygens (including phenoxy) is 1. The third-order valence-corrected chi connectivity index (χ3v) is 6.17. The average molecular weight is 442 g/mol. The van der Waals surface area contributed by atoms with Crippen molar-refractivity contribution < 1.29 is 18.7 Å². The minimum atomic E-state index is -0.343. The molecular formula is C23H28FN5O3. The number of nitrogens with one attached hydrogen (secondary N) is 1. The molecule has 1 unspecified atom stereocenters. The Labute approximate surface area is 186 Å². The van der Waals surface area contributed by atoms with Crippen LogP contribution in [0.15, 0.2) is 30.3 Å². The van der Waals surface area contributed by atoms with Gasteiger partial charge in [0.05, 0.1) is 5.69 Å². The van der Waals surface area contributed by atoms with Crippen LogP contribution in [0.3, 0.4) is 0 Å². The average Bonchev–Trinajstić information content (AvgIpc) is 3.16. The minimum Gasteiger partial charge on any atom is -0.484 e. The number of amides is 2. The Bertz CT molecular complexity index is 976. The van der Waals surface area contributed by atoms with Crippen molar-refractivity contribution in [1.29, 1.82) is 0 Å². The number of hydrogen-bond donors (Lipinski definition) is 1. The molecule has 0 aliphatic carbocycles. The Morgan fingerprint density at radius 3 is 2.53 bits per heavy atom. The van der Waals surface area contributed by atoms with Crippen LogP contribution in [-0.4, -0.2) is 71.9 Å². The molecule has 2 aliphatic rings. The first-order chi connectivity index (χ1) is 15.4. The van der Waals surface area contributed by atoms with Crippen molar-refractivity contribution in [3.63, 3.8) is 0 Å². The summed E-state index contributed by atoms with van der Waals surface area (Å²) in [6, 6.07) is 7.55. The molecule has 0 bridgehead atoms. The largest absolute Gasteiger partial charge is 0.484 e. The summed E-state index contributed by atoms with van der Waals surface area (Å²) >= 11 is 0. The Morgan fingerprint density at radius 2 is 1.91 bits per heavy atom. The van der Waals surface area contributed by atoms with Gasteiger partial charge in [-0.1, -0.05) is 0 Å². The molecule has 170 valence electrons. The summed E-state index contributed by atoms with van der Waals surface area (Å²) in [6.45, 7) is 1.79. The second-order valence-corrected chi connectivity index (χ2v) is 8.36. The maximum atomic E-state index is 13.0. The number of piperidine rings is 1. The quantitative estimate of drug-likeness (QED) is 0.741. The van der Waals surface area contributed by atoms with Gasteiger partial charge in [0.25, 0.3) is 5.91 Å². The molecular weight excluding hydrogens is 413 g/mol. The van der Waals surface area contributed by atoms with E-state index in [1.165, 1.54) is 24.3 Å². The predicted octanol–water partition coefficient (Wildman–Crippen LogP) is 2.39. The summed E-state index contributed by atoms with van der Waals surface area (Å²) < 4.78 is 18.5. The van der Waals surface area contributed by atoms with Crippen LogP contribution in [-0.2, 0) is 9.59 Å². The molecule has 1 aromatic carbocycles. The molecule has 2 aromatic rings. The maximum absolute atomic E-state index is 13.0. The van der Waals surface area contributed by atoms with Crippen molar-refractivity contribution in [3.8, 4) is 5.75 Å². The smallest absolute Gasteiger partial charge is 0.260 e. The molecule has 0 saturated carbocycles. The molecule has 32 heavy (non-hydrogen) atoms. The first-order valence-electron chi connectivity index (χ1n) is 10.9. The van der Waals surface area contributed by atoms with Crippen LogP contribution >= 0.6 is 0 Å². The predicted molar refractivity (Wildman–Crippen MR) is 117 cm³/mol. The molecule has 0 radical (unpaired) electrons. The number of nitrogens with zero attached hydrogens (tertiary/aromatic N) is 4. The summed E-state index contributed by atoms with van der Waals surface area (Å²) in [6.07, 6.45) is 1.99. The van der Waals surface area contributed by atoms with Crippen LogP contribution < -0.4 is 10.1 Å². The van der Waals surface area contributed by atoms with E-state index in [2.05, 4.69) is 10.3 Å². The summed E-state index contributed by atoms with van der Waals surface area (Å²) in [7, 11) is 3.64. The highest BCUT2D eigenvalue weighted by atomic mass is 19.1. The van der Waals surface area contributed by atoms with E-state index in [4.69, 9.17) is 9.72 Å². The standard InChI is InChI=1S/C23H28FN5O3/c1-25-20-12-19(16-11-21(30)28(2)13-16)26-23(27-20)15-7-9-29(10-8-15)22(31)14-32-18-5-3-17(24)4-6-18/h3-6,12,15-16H,7-11,13-14H2,1-2H3,(H,25,26,27). The number of carbonyl (C=O) groups excluding carboxylic acids is 2. The number of likely N-dealkylation sites (N-methyl/N-ethyl adjacent to an activating group) is 1. The second-order valence-electron chi connectivity index (χ2n) is 8.36. The third kappa shape index (κ3) is 4.98. The lowest BCUT2D eigenvalue weighted by molar-refractivity contribution is -0.134. The van der Waals surface area contributed by atoms with Gasteiger partial charge in [-0.25, -0.2) is 14.4 Å². The highest BCUT2D eigenvalue weighted by Gasteiger charge is 2.31. The van der Waals surface area contributed by atoms with Crippen molar-refractivity contribution in [3.05, 3.63) is 47.7 Å². The Kier molecular flexibility index (Phi) is 6.53. The van der Waals surface area contributed by atoms with Crippen molar-refractivity contribution >= 4 is 17.6 Å². The van der Waals surface area contributed by atoms with Gasteiger partial charge in [0.15, 0.2) is 6.61 Å². The zero-order valence-corrected chi connectivity index (χ0v) is 18.4. The van der Waals surface area contributed by atoms with E-state index in [0.29, 0.717) is 31.8 Å². The summed E-state index contributed by atoms with van der Waals surface area (Å²) in [5.74, 6) is 1.91. The monoisotopic (exact) mass is 441 g/mol. The molecule has 9 heteroatoms. The fraction of sp³-hybridized carbons (Fsp3) is 0.478. The molecule has 2 fully saturated rings. The summed E-state index contributed by atoms with van der Waals surface area (Å²) in [5, 5.41) is 3.10. The number of likely N-dealkylation sites (tertiary alicyclic amines) is 2. The Balaban J connectivity index is 1.36. The molecule has 1 aromatic heterocycles. The van der Waals surface area contributed by atoms with Crippen LogP contribution in [0.1, 0.15) is 42.6 Å². The molecule has 1 atom stereocenters. The van der Waals surface area contributed by atoms with Gasteiger partial charge < -0.3 is 19.9 Å². The topological polar surface area (TPSA) is 87.7 Å². The van der Waals surface area contributed by atoms with Crippen LogP contribution in [0.5, 0.6) is 5.75 Å². The van der Waals surface area contributed by atoms with Gasteiger partial charge in [-0.05, 0) is 37.1 Å². The highest BCUT2D eigenvalue weighted by molar-refractivity contribution is 5.79. The van der Waals surface area contributed by atoms with E-state index < -0.39 is 0 Å². The number of halogens is 1. The first kappa shape index (κ1) is 22.0. The van der Waals surface area contributed by atoms with Gasteiger partial charge in [-0.3, -0.25) is 9.59 Å². The lowest BCUT2D eigenvalue weighted by Gasteiger charge is -2.31. The summed E-state index contributed by atoms with van der Waals surface area (Å²) in [4.78, 5) is 37.5.